The number of nitrogens with zero attached hydrogens (tertiary/aromatic N) is 2. The summed E-state index contributed by atoms with van der Waals surface area (Å²) in [6.07, 6.45) is 1.58. The fourth-order valence-corrected chi connectivity index (χ4v) is 4.29. The first-order valence-electron chi connectivity index (χ1n) is 12.1. The number of ether oxygens (including phenoxy) is 2. The van der Waals surface area contributed by atoms with Crippen molar-refractivity contribution < 1.29 is 23.8 Å². The van der Waals surface area contributed by atoms with Gasteiger partial charge in [-0.2, -0.15) is 0 Å². The van der Waals surface area contributed by atoms with Crippen molar-refractivity contribution in [2.45, 2.75) is 26.0 Å². The fraction of sp³-hybridized carbons (Fsp3) is 0.250. The Balaban J connectivity index is 1.30. The number of fused-ring (bicyclic) bond motifs is 1. The molecular weight excluding hydrogens is 489 g/mol. The Kier molecular flexibility index (Phi) is 6.73. The predicted octanol–water partition coefficient (Wildman–Crippen LogP) is 5.07. The molecule has 0 aliphatic heterocycles. The maximum atomic E-state index is 13.2. The maximum Gasteiger partial charge on any atom is 0.235 e. The first-order valence-corrected chi connectivity index (χ1v) is 12.1. The van der Waals surface area contributed by atoms with Gasteiger partial charge in [-0.15, -0.1) is 0 Å². The molecule has 10 heteroatoms. The number of hydrogen-bond acceptors (Lipinski definition) is 8. The molecule has 2 aromatic carbocycles. The molecule has 0 saturated heterocycles. The summed E-state index contributed by atoms with van der Waals surface area (Å²) in [7, 11) is 3.41. The Labute approximate surface area is 219 Å². The number of aliphatic hydroxyl groups excluding tert-OH is 1. The van der Waals surface area contributed by atoms with Crippen LogP contribution in [0, 0.1) is 18.2 Å². The number of hydrogen-bond donors (Lipinski definition) is 4. The molecule has 1 unspecified atom stereocenters. The van der Waals surface area contributed by atoms with Crippen molar-refractivity contribution >= 4 is 33.9 Å². The number of halogens is 1. The number of aryl methyl sites for hydroxylation is 1. The molecule has 1 fully saturated rings. The summed E-state index contributed by atoms with van der Waals surface area (Å²) in [6, 6.07) is 14.4. The number of methoxy groups -OCH3 is 1. The zero-order valence-electron chi connectivity index (χ0n) is 21.2. The highest BCUT2D eigenvalue weighted by Gasteiger charge is 2.56. The zero-order valence-corrected chi connectivity index (χ0v) is 21.2. The van der Waals surface area contributed by atoms with Gasteiger partial charge >= 0.3 is 0 Å². The molecule has 1 aliphatic carbocycles. The first kappa shape index (κ1) is 25.2. The Hall–Kier alpha value is -4.44. The monoisotopic (exact) mass is 517 g/mol. The van der Waals surface area contributed by atoms with E-state index in [1.807, 2.05) is 19.2 Å². The average Bonchev–Trinajstić information content (AvgIpc) is 3.73. The topological polar surface area (TPSA) is 118 Å². The highest BCUT2D eigenvalue weighted by molar-refractivity contribution is 5.98. The van der Waals surface area contributed by atoms with Crippen LogP contribution in [0.15, 0.2) is 60.8 Å². The Morgan fingerprint density at radius 1 is 1.08 bits per heavy atom. The number of benzene rings is 2. The second-order valence-corrected chi connectivity index (χ2v) is 9.18. The summed E-state index contributed by atoms with van der Waals surface area (Å²) in [5, 5.41) is 20.5. The Morgan fingerprint density at radius 2 is 1.84 bits per heavy atom. The normalized spacial score (nSPS) is 14.4. The van der Waals surface area contributed by atoms with Crippen molar-refractivity contribution in [3.05, 3.63) is 72.3 Å². The Morgan fingerprint density at radius 3 is 2.50 bits per heavy atom. The van der Waals surface area contributed by atoms with Crippen molar-refractivity contribution in [1.29, 1.82) is 0 Å². The molecule has 0 bridgehead atoms. The molecule has 0 radical (unpaired) electrons. The molecule has 5 rings (SSSR count). The van der Waals surface area contributed by atoms with Gasteiger partial charge in [-0.1, -0.05) is 0 Å². The van der Waals surface area contributed by atoms with Crippen LogP contribution in [0.1, 0.15) is 18.5 Å². The predicted molar refractivity (Wildman–Crippen MR) is 143 cm³/mol. The number of amides is 1. The van der Waals surface area contributed by atoms with E-state index in [4.69, 9.17) is 9.47 Å². The molecule has 1 saturated carbocycles. The minimum absolute atomic E-state index is 0.323. The number of aromatic nitrogens is 2. The summed E-state index contributed by atoms with van der Waals surface area (Å²) in [4.78, 5) is 21.8. The second-order valence-electron chi connectivity index (χ2n) is 9.18. The third-order valence-electron chi connectivity index (χ3n) is 6.73. The molecule has 1 amide bonds. The molecule has 9 nitrogen and oxygen atoms in total. The number of carbonyl (C=O) groups excluding carboxylic acids is 1. The van der Waals surface area contributed by atoms with Crippen molar-refractivity contribution in [3.8, 4) is 17.4 Å². The third kappa shape index (κ3) is 4.90. The molecule has 1 aliphatic rings. The number of anilines is 3. The molecule has 1 atom stereocenters. The molecule has 4 aromatic rings. The lowest BCUT2D eigenvalue weighted by molar-refractivity contribution is -0.124. The summed E-state index contributed by atoms with van der Waals surface area (Å²) >= 11 is 0. The van der Waals surface area contributed by atoms with Crippen molar-refractivity contribution in [2.75, 3.05) is 30.1 Å². The van der Waals surface area contributed by atoms with E-state index in [0.29, 0.717) is 47.3 Å². The van der Waals surface area contributed by atoms with Crippen LogP contribution in [0.4, 0.5) is 21.5 Å². The van der Waals surface area contributed by atoms with E-state index in [1.54, 1.807) is 38.4 Å². The van der Waals surface area contributed by atoms with Crippen LogP contribution in [0.3, 0.4) is 0 Å². The van der Waals surface area contributed by atoms with Crippen LogP contribution in [0.2, 0.25) is 0 Å². The van der Waals surface area contributed by atoms with Crippen molar-refractivity contribution in [3.63, 3.8) is 0 Å². The number of nitrogens with one attached hydrogen (secondary N) is 3. The smallest absolute Gasteiger partial charge is 0.235 e. The number of pyridine rings is 2. The van der Waals surface area contributed by atoms with Gasteiger partial charge in [0.05, 0.1) is 35.1 Å². The lowest BCUT2D eigenvalue weighted by Gasteiger charge is -2.24. The molecule has 196 valence electrons. The van der Waals surface area contributed by atoms with E-state index in [-0.39, 0.29) is 11.7 Å². The molecule has 4 N–H and O–H groups in total. The van der Waals surface area contributed by atoms with Gasteiger partial charge < -0.3 is 30.5 Å². The van der Waals surface area contributed by atoms with E-state index in [9.17, 15) is 14.3 Å². The van der Waals surface area contributed by atoms with Gasteiger partial charge in [0.1, 0.15) is 23.5 Å². The van der Waals surface area contributed by atoms with Crippen molar-refractivity contribution in [2.24, 2.45) is 5.41 Å². The second kappa shape index (κ2) is 10.1. The largest absolute Gasteiger partial charge is 0.495 e. The van der Waals surface area contributed by atoms with Gasteiger partial charge in [-0.3, -0.25) is 9.78 Å². The van der Waals surface area contributed by atoms with Crippen LogP contribution in [-0.2, 0) is 4.79 Å². The summed E-state index contributed by atoms with van der Waals surface area (Å²) in [6.45, 7) is 1.78. The molecule has 0 spiro atoms. The van der Waals surface area contributed by atoms with Gasteiger partial charge in [0, 0.05) is 30.4 Å². The van der Waals surface area contributed by atoms with Crippen LogP contribution in [-0.4, -0.2) is 41.4 Å². The molecule has 2 aromatic heterocycles. The van der Waals surface area contributed by atoms with Gasteiger partial charge in [-0.25, -0.2) is 9.37 Å². The minimum atomic E-state index is -1.13. The molecular formula is C28H28FN5O4. The van der Waals surface area contributed by atoms with Gasteiger partial charge in [0.2, 0.25) is 11.8 Å². The van der Waals surface area contributed by atoms with Crippen LogP contribution < -0.4 is 25.4 Å². The molecule has 2 heterocycles. The lowest BCUT2D eigenvalue weighted by Crippen LogP contribution is -2.39. The first-order chi connectivity index (χ1) is 18.3. The maximum absolute atomic E-state index is 13.2. The SMILES string of the molecule is CNc1cc2nccc(Oc3ccc(NC(O)C4(C(=O)Nc5ccc(F)cc5)CC4)c(C)n3)c2cc1OC. The number of aliphatic hydroxyl groups is 1. The van der Waals surface area contributed by atoms with E-state index >= 15 is 0 Å². The number of carbonyl (C=O) groups is 1. The zero-order chi connectivity index (χ0) is 26.9. The highest BCUT2D eigenvalue weighted by atomic mass is 19.1. The van der Waals surface area contributed by atoms with E-state index < -0.39 is 11.6 Å². The van der Waals surface area contributed by atoms with E-state index in [2.05, 4.69) is 25.9 Å². The Bertz CT molecular complexity index is 1490. The van der Waals surface area contributed by atoms with Crippen molar-refractivity contribution in [1.82, 2.24) is 9.97 Å². The summed E-state index contributed by atoms with van der Waals surface area (Å²) in [5.74, 6) is 0.880. The number of rotatable bonds is 9. The van der Waals surface area contributed by atoms with Crippen LogP contribution in [0.5, 0.6) is 17.4 Å². The van der Waals surface area contributed by atoms with E-state index in [1.165, 1.54) is 24.3 Å². The van der Waals surface area contributed by atoms with Crippen LogP contribution >= 0.6 is 0 Å². The molecule has 38 heavy (non-hydrogen) atoms. The third-order valence-corrected chi connectivity index (χ3v) is 6.73. The standard InChI is InChI=1S/C28H28FN5O4/c1-16-20(34-27(36)28(11-12-28)26(35)33-18-6-4-17(29)5-7-18)8-9-25(32-16)38-23-10-13-31-21-15-22(30-2)24(37-3)14-19(21)23/h4-10,13-15,27,30,34,36H,11-12H2,1-3H3,(H,33,35). The summed E-state index contributed by atoms with van der Waals surface area (Å²) < 4.78 is 24.7. The fourth-order valence-electron chi connectivity index (χ4n) is 4.29. The van der Waals surface area contributed by atoms with Gasteiger partial charge in [0.25, 0.3) is 0 Å². The van der Waals surface area contributed by atoms with Gasteiger partial charge in [0.15, 0.2) is 0 Å². The quantitative estimate of drug-likeness (QED) is 0.227. The lowest BCUT2D eigenvalue weighted by atomic mass is 10.0. The average molecular weight is 518 g/mol. The van der Waals surface area contributed by atoms with Gasteiger partial charge in [-0.05, 0) is 68.3 Å². The minimum Gasteiger partial charge on any atom is -0.495 e. The summed E-state index contributed by atoms with van der Waals surface area (Å²) in [5.41, 5.74) is 2.21. The van der Waals surface area contributed by atoms with E-state index in [0.717, 1.165) is 16.6 Å². The highest BCUT2D eigenvalue weighted by Crippen LogP contribution is 2.50. The van der Waals surface area contributed by atoms with Crippen LogP contribution in [0.25, 0.3) is 10.9 Å².